The van der Waals surface area contributed by atoms with Gasteiger partial charge in [-0.15, -0.1) is 0 Å². The molecule has 90 valence electrons. The summed E-state index contributed by atoms with van der Waals surface area (Å²) in [6.07, 6.45) is 12.1. The van der Waals surface area contributed by atoms with E-state index in [1.807, 2.05) is 0 Å². The minimum atomic E-state index is 0.696. The van der Waals surface area contributed by atoms with Crippen molar-refractivity contribution in [1.82, 2.24) is 5.32 Å². The highest BCUT2D eigenvalue weighted by Gasteiger charge is 2.42. The van der Waals surface area contributed by atoms with E-state index >= 15 is 0 Å². The van der Waals surface area contributed by atoms with E-state index in [0.29, 0.717) is 5.41 Å². The van der Waals surface area contributed by atoms with E-state index in [4.69, 9.17) is 0 Å². The van der Waals surface area contributed by atoms with E-state index in [1.165, 1.54) is 38.6 Å². The zero-order valence-electron chi connectivity index (χ0n) is 10.7. The van der Waals surface area contributed by atoms with Crippen LogP contribution in [0, 0.1) is 23.2 Å². The zero-order chi connectivity index (χ0) is 11.2. The van der Waals surface area contributed by atoms with Gasteiger partial charge in [-0.25, -0.2) is 0 Å². The number of fused-ring (bicyclic) bond motifs is 2. The zero-order valence-corrected chi connectivity index (χ0v) is 10.7. The SMILES string of the molecule is CCC1(CNC(C)C2CC3C=CC2C3)CC1. The summed E-state index contributed by atoms with van der Waals surface area (Å²) < 4.78 is 0. The third-order valence-corrected chi connectivity index (χ3v) is 5.48. The summed E-state index contributed by atoms with van der Waals surface area (Å²) in [5.74, 6) is 2.73. The minimum absolute atomic E-state index is 0.696. The Hall–Kier alpha value is -0.300. The fourth-order valence-corrected chi connectivity index (χ4v) is 3.76. The predicted molar refractivity (Wildman–Crippen MR) is 68.3 cm³/mol. The highest BCUT2D eigenvalue weighted by atomic mass is 14.9. The van der Waals surface area contributed by atoms with Crippen LogP contribution in [-0.4, -0.2) is 12.6 Å². The monoisotopic (exact) mass is 219 g/mol. The topological polar surface area (TPSA) is 12.0 Å². The highest BCUT2D eigenvalue weighted by molar-refractivity contribution is 5.11. The van der Waals surface area contributed by atoms with E-state index < -0.39 is 0 Å². The van der Waals surface area contributed by atoms with Crippen LogP contribution in [0.3, 0.4) is 0 Å². The van der Waals surface area contributed by atoms with Crippen molar-refractivity contribution >= 4 is 0 Å². The van der Waals surface area contributed by atoms with Gasteiger partial charge in [-0.2, -0.15) is 0 Å². The van der Waals surface area contributed by atoms with Crippen LogP contribution >= 0.6 is 0 Å². The molecule has 1 nitrogen and oxygen atoms in total. The molecule has 0 aromatic carbocycles. The molecule has 1 N–H and O–H groups in total. The lowest BCUT2D eigenvalue weighted by molar-refractivity contribution is 0.301. The molecule has 3 aliphatic rings. The molecular formula is C15H25N. The van der Waals surface area contributed by atoms with Crippen LogP contribution in [0.25, 0.3) is 0 Å². The van der Waals surface area contributed by atoms with Crippen molar-refractivity contribution in [2.45, 2.75) is 52.0 Å². The van der Waals surface area contributed by atoms with Gasteiger partial charge >= 0.3 is 0 Å². The molecule has 0 saturated heterocycles. The van der Waals surface area contributed by atoms with Crippen LogP contribution in [0.15, 0.2) is 12.2 Å². The van der Waals surface area contributed by atoms with Gasteiger partial charge in [0.1, 0.15) is 0 Å². The quantitative estimate of drug-likeness (QED) is 0.699. The molecule has 4 unspecified atom stereocenters. The molecule has 1 heteroatoms. The van der Waals surface area contributed by atoms with Gasteiger partial charge in [-0.05, 0) is 62.2 Å². The molecule has 0 amide bonds. The molecule has 16 heavy (non-hydrogen) atoms. The Morgan fingerprint density at radius 1 is 1.31 bits per heavy atom. The molecule has 0 radical (unpaired) electrons. The fourth-order valence-electron chi connectivity index (χ4n) is 3.76. The molecule has 2 fully saturated rings. The summed E-state index contributed by atoms with van der Waals surface area (Å²) in [4.78, 5) is 0. The van der Waals surface area contributed by atoms with Gasteiger partial charge in [0.05, 0.1) is 0 Å². The molecular weight excluding hydrogens is 194 g/mol. The molecule has 2 saturated carbocycles. The molecule has 4 atom stereocenters. The normalized spacial score (nSPS) is 40.2. The average molecular weight is 219 g/mol. The molecule has 2 bridgehead atoms. The molecule has 0 spiro atoms. The van der Waals surface area contributed by atoms with E-state index in [1.54, 1.807) is 0 Å². The Morgan fingerprint density at radius 3 is 2.62 bits per heavy atom. The van der Waals surface area contributed by atoms with Crippen molar-refractivity contribution in [3.8, 4) is 0 Å². The summed E-state index contributed by atoms with van der Waals surface area (Å²) in [5.41, 5.74) is 0.696. The number of rotatable bonds is 5. The standard InChI is InChI=1S/C15H25N/c1-3-15(6-7-15)10-16-11(2)14-9-12-4-5-13(14)8-12/h4-5,11-14,16H,3,6-10H2,1-2H3. The van der Waals surface area contributed by atoms with Gasteiger partial charge in [0, 0.05) is 12.6 Å². The third kappa shape index (κ3) is 1.84. The Labute approximate surface area is 99.7 Å². The lowest BCUT2D eigenvalue weighted by Gasteiger charge is -2.28. The molecule has 0 aliphatic heterocycles. The second-order valence-corrected chi connectivity index (χ2v) is 6.47. The highest BCUT2D eigenvalue weighted by Crippen LogP contribution is 2.49. The van der Waals surface area contributed by atoms with Gasteiger partial charge in [0.25, 0.3) is 0 Å². The first kappa shape index (κ1) is 10.8. The second kappa shape index (κ2) is 3.87. The summed E-state index contributed by atoms with van der Waals surface area (Å²) in [6.45, 7) is 6.02. The van der Waals surface area contributed by atoms with Crippen LogP contribution in [0.5, 0.6) is 0 Å². The Kier molecular flexibility index (Phi) is 2.62. The molecule has 3 aliphatic carbocycles. The molecule has 0 aromatic rings. The lowest BCUT2D eigenvalue weighted by atomic mass is 9.87. The smallest absolute Gasteiger partial charge is 0.00730 e. The van der Waals surface area contributed by atoms with Crippen molar-refractivity contribution < 1.29 is 0 Å². The predicted octanol–water partition coefficient (Wildman–Crippen LogP) is 3.37. The molecule has 3 rings (SSSR count). The Morgan fingerprint density at radius 2 is 2.12 bits per heavy atom. The van der Waals surface area contributed by atoms with Crippen LogP contribution in [0.1, 0.15) is 46.0 Å². The first-order chi connectivity index (χ1) is 7.72. The number of hydrogen-bond donors (Lipinski definition) is 1. The second-order valence-electron chi connectivity index (χ2n) is 6.47. The van der Waals surface area contributed by atoms with Crippen molar-refractivity contribution in [1.29, 1.82) is 0 Å². The lowest BCUT2D eigenvalue weighted by Crippen LogP contribution is -2.38. The number of hydrogen-bond acceptors (Lipinski definition) is 1. The Balaban J connectivity index is 1.50. The van der Waals surface area contributed by atoms with Gasteiger partial charge in [-0.3, -0.25) is 0 Å². The summed E-state index contributed by atoms with van der Waals surface area (Å²) >= 11 is 0. The van der Waals surface area contributed by atoms with Crippen LogP contribution in [0.4, 0.5) is 0 Å². The van der Waals surface area contributed by atoms with Crippen molar-refractivity contribution in [3.05, 3.63) is 12.2 Å². The third-order valence-electron chi connectivity index (χ3n) is 5.48. The van der Waals surface area contributed by atoms with E-state index in [9.17, 15) is 0 Å². The fraction of sp³-hybridized carbons (Fsp3) is 0.867. The average Bonchev–Trinajstić information content (AvgIpc) is 2.78. The summed E-state index contributed by atoms with van der Waals surface area (Å²) in [7, 11) is 0. The summed E-state index contributed by atoms with van der Waals surface area (Å²) in [6, 6.07) is 0.726. The van der Waals surface area contributed by atoms with Gasteiger partial charge in [0.2, 0.25) is 0 Å². The maximum Gasteiger partial charge on any atom is 0.00730 e. The van der Waals surface area contributed by atoms with Gasteiger partial charge in [0.15, 0.2) is 0 Å². The number of allylic oxidation sites excluding steroid dienone is 2. The van der Waals surface area contributed by atoms with Crippen LogP contribution in [0.2, 0.25) is 0 Å². The molecule has 0 aromatic heterocycles. The largest absolute Gasteiger partial charge is 0.313 e. The van der Waals surface area contributed by atoms with E-state index in [-0.39, 0.29) is 0 Å². The van der Waals surface area contributed by atoms with Crippen LogP contribution in [-0.2, 0) is 0 Å². The van der Waals surface area contributed by atoms with Crippen molar-refractivity contribution in [2.24, 2.45) is 23.2 Å². The van der Waals surface area contributed by atoms with E-state index in [2.05, 4.69) is 31.3 Å². The molecule has 0 heterocycles. The van der Waals surface area contributed by atoms with E-state index in [0.717, 1.165) is 23.8 Å². The Bertz CT molecular complexity index is 290. The maximum atomic E-state index is 3.83. The first-order valence-corrected chi connectivity index (χ1v) is 7.14. The first-order valence-electron chi connectivity index (χ1n) is 7.14. The van der Waals surface area contributed by atoms with Crippen molar-refractivity contribution in [3.63, 3.8) is 0 Å². The minimum Gasteiger partial charge on any atom is -0.313 e. The van der Waals surface area contributed by atoms with Crippen LogP contribution < -0.4 is 5.32 Å². The number of nitrogens with one attached hydrogen (secondary N) is 1. The van der Waals surface area contributed by atoms with Crippen molar-refractivity contribution in [2.75, 3.05) is 6.54 Å². The van der Waals surface area contributed by atoms with Gasteiger partial charge < -0.3 is 5.32 Å². The van der Waals surface area contributed by atoms with Gasteiger partial charge in [-0.1, -0.05) is 19.1 Å². The maximum absolute atomic E-state index is 3.83. The summed E-state index contributed by atoms with van der Waals surface area (Å²) in [5, 5.41) is 3.83.